The molecule has 7 nitrogen and oxygen atoms in total. The molecule has 0 fully saturated rings. The van der Waals surface area contributed by atoms with E-state index in [1.54, 1.807) is 31.2 Å². The van der Waals surface area contributed by atoms with Crippen molar-refractivity contribution < 1.29 is 13.7 Å². The van der Waals surface area contributed by atoms with Crippen LogP contribution in [0, 0.1) is 12.7 Å². The Balaban J connectivity index is 1.55. The summed E-state index contributed by atoms with van der Waals surface area (Å²) in [4.78, 5) is 29.4. The Morgan fingerprint density at radius 1 is 1.13 bits per heavy atom. The minimum atomic E-state index is -0.465. The number of aryl methyl sites for hydroxylation is 1. The first-order valence-corrected chi connectivity index (χ1v) is 9.16. The monoisotopic (exact) mass is 404 g/mol. The van der Waals surface area contributed by atoms with Gasteiger partial charge in [0.15, 0.2) is 0 Å². The predicted octanol–water partition coefficient (Wildman–Crippen LogP) is 3.65. The van der Waals surface area contributed by atoms with Crippen molar-refractivity contribution in [2.45, 2.75) is 13.5 Å². The van der Waals surface area contributed by atoms with Gasteiger partial charge >= 0.3 is 0 Å². The molecule has 0 unspecified atom stereocenters. The Hall–Kier alpha value is -4.07. The van der Waals surface area contributed by atoms with E-state index in [0.717, 1.165) is 5.56 Å². The smallest absolute Gasteiger partial charge is 0.263 e. The van der Waals surface area contributed by atoms with Crippen molar-refractivity contribution in [1.29, 1.82) is 0 Å². The second-order valence-corrected chi connectivity index (χ2v) is 6.66. The van der Waals surface area contributed by atoms with Gasteiger partial charge in [-0.05, 0) is 36.8 Å². The lowest BCUT2D eigenvalue weighted by Gasteiger charge is -2.08. The summed E-state index contributed by atoms with van der Waals surface area (Å²) in [6.07, 6.45) is 1.48. The van der Waals surface area contributed by atoms with Gasteiger partial charge in [0.25, 0.3) is 11.4 Å². The van der Waals surface area contributed by atoms with Gasteiger partial charge in [-0.1, -0.05) is 41.6 Å². The van der Waals surface area contributed by atoms with Crippen molar-refractivity contribution in [2.24, 2.45) is 0 Å². The van der Waals surface area contributed by atoms with Crippen LogP contribution in [0.25, 0.3) is 22.8 Å². The van der Waals surface area contributed by atoms with E-state index in [0.29, 0.717) is 17.1 Å². The lowest BCUT2D eigenvalue weighted by Crippen LogP contribution is -2.28. The molecule has 2 aromatic carbocycles. The number of halogens is 1. The molecule has 0 spiro atoms. The first kappa shape index (κ1) is 19.3. The van der Waals surface area contributed by atoms with Gasteiger partial charge in [-0.25, -0.2) is 4.39 Å². The summed E-state index contributed by atoms with van der Waals surface area (Å²) in [6, 6.07) is 16.8. The summed E-state index contributed by atoms with van der Waals surface area (Å²) in [5.74, 6) is -0.459. The van der Waals surface area contributed by atoms with Crippen LogP contribution in [0.2, 0.25) is 0 Å². The van der Waals surface area contributed by atoms with E-state index >= 15 is 0 Å². The number of carbonyl (C=O) groups is 1. The van der Waals surface area contributed by atoms with Crippen LogP contribution in [-0.4, -0.2) is 20.6 Å². The normalized spacial score (nSPS) is 10.7. The zero-order valence-electron chi connectivity index (χ0n) is 16.0. The number of pyridine rings is 1. The number of amides is 1. The van der Waals surface area contributed by atoms with Crippen LogP contribution in [-0.2, 0) is 11.3 Å². The van der Waals surface area contributed by atoms with Crippen LogP contribution in [0.4, 0.5) is 10.1 Å². The fraction of sp³-hybridized carbons (Fsp3) is 0.0909. The molecule has 0 atom stereocenters. The molecule has 0 aliphatic carbocycles. The molecule has 4 aromatic rings. The van der Waals surface area contributed by atoms with Crippen molar-refractivity contribution in [3.05, 3.63) is 88.6 Å². The van der Waals surface area contributed by atoms with Crippen molar-refractivity contribution in [1.82, 2.24) is 14.7 Å². The minimum absolute atomic E-state index is 0.0641. The number of hydrogen-bond donors (Lipinski definition) is 1. The number of anilines is 1. The van der Waals surface area contributed by atoms with Crippen LogP contribution in [0.15, 0.2) is 76.2 Å². The molecule has 0 saturated carbocycles. The largest absolute Gasteiger partial charge is 0.333 e. The van der Waals surface area contributed by atoms with Crippen LogP contribution >= 0.6 is 0 Å². The average molecular weight is 404 g/mol. The quantitative estimate of drug-likeness (QED) is 0.548. The Bertz CT molecular complexity index is 1260. The Kier molecular flexibility index (Phi) is 5.21. The molecule has 30 heavy (non-hydrogen) atoms. The first-order valence-electron chi connectivity index (χ1n) is 9.16. The highest BCUT2D eigenvalue weighted by Gasteiger charge is 2.16. The maximum Gasteiger partial charge on any atom is 0.263 e. The lowest BCUT2D eigenvalue weighted by atomic mass is 10.2. The van der Waals surface area contributed by atoms with Gasteiger partial charge in [0.1, 0.15) is 17.9 Å². The van der Waals surface area contributed by atoms with Crippen LogP contribution < -0.4 is 10.9 Å². The summed E-state index contributed by atoms with van der Waals surface area (Å²) >= 11 is 0. The maximum absolute atomic E-state index is 13.7. The van der Waals surface area contributed by atoms with E-state index in [-0.39, 0.29) is 18.0 Å². The molecule has 2 heterocycles. The summed E-state index contributed by atoms with van der Waals surface area (Å²) in [5, 5.41) is 6.50. The predicted molar refractivity (Wildman–Crippen MR) is 109 cm³/mol. The third-order valence-electron chi connectivity index (χ3n) is 4.48. The topological polar surface area (TPSA) is 90.0 Å². The summed E-state index contributed by atoms with van der Waals surface area (Å²) in [6.45, 7) is 1.38. The highest BCUT2D eigenvalue weighted by atomic mass is 19.1. The SMILES string of the molecule is Cc1ccc(NC(=O)Cn2cccc(-c3nc(-c4ccccc4)no3)c2=O)cc1F. The molecular weight excluding hydrogens is 387 g/mol. The third kappa shape index (κ3) is 4.02. The molecule has 0 saturated heterocycles. The van der Waals surface area contributed by atoms with Gasteiger partial charge in [0.2, 0.25) is 11.7 Å². The van der Waals surface area contributed by atoms with Crippen molar-refractivity contribution >= 4 is 11.6 Å². The van der Waals surface area contributed by atoms with E-state index in [1.807, 2.05) is 30.3 Å². The Morgan fingerprint density at radius 2 is 1.93 bits per heavy atom. The van der Waals surface area contributed by atoms with Crippen LogP contribution in [0.5, 0.6) is 0 Å². The molecule has 1 amide bonds. The van der Waals surface area contributed by atoms with Crippen LogP contribution in [0.1, 0.15) is 5.56 Å². The van der Waals surface area contributed by atoms with Crippen molar-refractivity contribution in [3.8, 4) is 22.8 Å². The van der Waals surface area contributed by atoms with E-state index in [4.69, 9.17) is 4.52 Å². The van der Waals surface area contributed by atoms with Crippen molar-refractivity contribution in [2.75, 3.05) is 5.32 Å². The van der Waals surface area contributed by atoms with Gasteiger partial charge in [-0.2, -0.15) is 4.98 Å². The van der Waals surface area contributed by atoms with Gasteiger partial charge < -0.3 is 14.4 Å². The zero-order chi connectivity index (χ0) is 21.1. The molecule has 150 valence electrons. The average Bonchev–Trinajstić information content (AvgIpc) is 3.23. The first-order chi connectivity index (χ1) is 14.5. The van der Waals surface area contributed by atoms with Crippen LogP contribution in [0.3, 0.4) is 0 Å². The zero-order valence-corrected chi connectivity index (χ0v) is 16.0. The summed E-state index contributed by atoms with van der Waals surface area (Å²) in [5.41, 5.74) is 1.28. The summed E-state index contributed by atoms with van der Waals surface area (Å²) < 4.78 is 20.1. The molecule has 0 aliphatic heterocycles. The Morgan fingerprint density at radius 3 is 2.70 bits per heavy atom. The summed E-state index contributed by atoms with van der Waals surface area (Å²) in [7, 11) is 0. The number of benzene rings is 2. The number of hydrogen-bond acceptors (Lipinski definition) is 5. The standard InChI is InChI=1S/C22H17FN4O3/c1-14-9-10-16(12-18(14)23)24-19(28)13-27-11-5-8-17(22(27)29)21-25-20(26-30-21)15-6-3-2-4-7-15/h2-12H,13H2,1H3,(H,24,28). The number of nitrogens with zero attached hydrogens (tertiary/aromatic N) is 3. The molecule has 0 radical (unpaired) electrons. The number of nitrogens with one attached hydrogen (secondary N) is 1. The molecule has 0 aliphatic rings. The number of aromatic nitrogens is 3. The molecule has 1 N–H and O–H groups in total. The minimum Gasteiger partial charge on any atom is -0.333 e. The molecular formula is C22H17FN4O3. The lowest BCUT2D eigenvalue weighted by molar-refractivity contribution is -0.116. The fourth-order valence-electron chi connectivity index (χ4n) is 2.89. The molecule has 4 rings (SSSR count). The van der Waals surface area contributed by atoms with Gasteiger partial charge in [0.05, 0.1) is 0 Å². The van der Waals surface area contributed by atoms with Gasteiger partial charge in [-0.3, -0.25) is 9.59 Å². The molecule has 2 aromatic heterocycles. The molecule has 0 bridgehead atoms. The highest BCUT2D eigenvalue weighted by molar-refractivity contribution is 5.90. The van der Waals surface area contributed by atoms with Crippen molar-refractivity contribution in [3.63, 3.8) is 0 Å². The Labute approximate surface area is 170 Å². The van der Waals surface area contributed by atoms with E-state index in [9.17, 15) is 14.0 Å². The maximum atomic E-state index is 13.7. The number of carbonyl (C=O) groups excluding carboxylic acids is 1. The third-order valence-corrected chi connectivity index (χ3v) is 4.48. The second-order valence-electron chi connectivity index (χ2n) is 6.66. The molecule has 8 heteroatoms. The highest BCUT2D eigenvalue weighted by Crippen LogP contribution is 2.19. The van der Waals surface area contributed by atoms with E-state index in [1.165, 1.54) is 16.8 Å². The van der Waals surface area contributed by atoms with E-state index < -0.39 is 17.3 Å². The number of rotatable bonds is 5. The van der Waals surface area contributed by atoms with E-state index in [2.05, 4.69) is 15.5 Å². The van der Waals surface area contributed by atoms with Gasteiger partial charge in [0, 0.05) is 17.4 Å². The van der Waals surface area contributed by atoms with Gasteiger partial charge in [-0.15, -0.1) is 0 Å². The fourth-order valence-corrected chi connectivity index (χ4v) is 2.89. The second kappa shape index (κ2) is 8.12.